The Kier molecular flexibility index (Phi) is 3.31. The molecule has 1 aliphatic heterocycles. The maximum atomic E-state index is 11.8. The Labute approximate surface area is 105 Å². The Balaban J connectivity index is 1.92. The molecule has 1 aromatic heterocycles. The zero-order valence-electron chi connectivity index (χ0n) is 10.5. The summed E-state index contributed by atoms with van der Waals surface area (Å²) in [5, 5.41) is 13.5. The number of nitrogens with one attached hydrogen (secondary N) is 2. The van der Waals surface area contributed by atoms with Gasteiger partial charge >= 0.3 is 0 Å². The minimum atomic E-state index is -0.428. The number of rotatable bonds is 3. The highest BCUT2D eigenvalue weighted by molar-refractivity contribution is 5.79. The molecule has 7 heteroatoms. The average molecular weight is 251 g/mol. The first kappa shape index (κ1) is 12.5. The van der Waals surface area contributed by atoms with E-state index in [9.17, 15) is 9.59 Å². The van der Waals surface area contributed by atoms with Gasteiger partial charge in [0.25, 0.3) is 0 Å². The SMILES string of the molecule is CC1(C)NC(=O)CCC1NC(=O)Cn1nccn1. The molecule has 1 unspecified atom stereocenters. The lowest BCUT2D eigenvalue weighted by Crippen LogP contribution is -2.62. The van der Waals surface area contributed by atoms with Gasteiger partial charge in [-0.2, -0.15) is 15.0 Å². The first-order chi connectivity index (χ1) is 8.47. The largest absolute Gasteiger partial charge is 0.349 e. The van der Waals surface area contributed by atoms with Gasteiger partial charge in [-0.05, 0) is 20.3 Å². The van der Waals surface area contributed by atoms with Gasteiger partial charge in [0.05, 0.1) is 24.0 Å². The van der Waals surface area contributed by atoms with Crippen LogP contribution in [0.5, 0.6) is 0 Å². The van der Waals surface area contributed by atoms with E-state index in [1.54, 1.807) is 0 Å². The van der Waals surface area contributed by atoms with Crippen LogP contribution >= 0.6 is 0 Å². The van der Waals surface area contributed by atoms with E-state index in [1.807, 2.05) is 13.8 Å². The van der Waals surface area contributed by atoms with Crippen LogP contribution in [0.3, 0.4) is 0 Å². The molecule has 2 rings (SSSR count). The van der Waals surface area contributed by atoms with Crippen LogP contribution in [-0.4, -0.2) is 38.4 Å². The van der Waals surface area contributed by atoms with E-state index in [2.05, 4.69) is 20.8 Å². The Morgan fingerprint density at radius 2 is 2.22 bits per heavy atom. The Bertz CT molecular complexity index is 440. The monoisotopic (exact) mass is 251 g/mol. The maximum Gasteiger partial charge on any atom is 0.243 e. The van der Waals surface area contributed by atoms with Crippen LogP contribution in [0.25, 0.3) is 0 Å². The van der Waals surface area contributed by atoms with Gasteiger partial charge in [-0.15, -0.1) is 0 Å². The van der Waals surface area contributed by atoms with Crippen LogP contribution in [0.4, 0.5) is 0 Å². The molecule has 0 aliphatic carbocycles. The Morgan fingerprint density at radius 1 is 1.56 bits per heavy atom. The van der Waals surface area contributed by atoms with Gasteiger partial charge in [0, 0.05) is 6.42 Å². The van der Waals surface area contributed by atoms with E-state index < -0.39 is 5.54 Å². The number of carbonyl (C=O) groups is 2. The lowest BCUT2D eigenvalue weighted by molar-refractivity contribution is -0.129. The van der Waals surface area contributed by atoms with Gasteiger partial charge in [0.1, 0.15) is 6.54 Å². The molecule has 0 aromatic carbocycles. The van der Waals surface area contributed by atoms with Crippen molar-refractivity contribution in [1.82, 2.24) is 25.6 Å². The van der Waals surface area contributed by atoms with E-state index in [4.69, 9.17) is 0 Å². The number of hydrogen-bond donors (Lipinski definition) is 2. The van der Waals surface area contributed by atoms with Crippen molar-refractivity contribution in [2.24, 2.45) is 0 Å². The van der Waals surface area contributed by atoms with Crippen molar-refractivity contribution in [1.29, 1.82) is 0 Å². The van der Waals surface area contributed by atoms with Gasteiger partial charge in [-0.25, -0.2) is 0 Å². The van der Waals surface area contributed by atoms with E-state index in [0.29, 0.717) is 12.8 Å². The third-order valence-corrected chi connectivity index (χ3v) is 3.08. The second-order valence-corrected chi connectivity index (χ2v) is 4.99. The lowest BCUT2D eigenvalue weighted by atomic mass is 9.87. The molecule has 1 atom stereocenters. The van der Waals surface area contributed by atoms with Crippen LogP contribution in [-0.2, 0) is 16.1 Å². The smallest absolute Gasteiger partial charge is 0.243 e. The molecular weight excluding hydrogens is 234 g/mol. The molecular formula is C11H17N5O2. The van der Waals surface area contributed by atoms with Crippen LogP contribution in [0.2, 0.25) is 0 Å². The third kappa shape index (κ3) is 2.85. The molecule has 1 fully saturated rings. The van der Waals surface area contributed by atoms with Crippen molar-refractivity contribution >= 4 is 11.8 Å². The number of amides is 2. The molecule has 2 amide bonds. The summed E-state index contributed by atoms with van der Waals surface area (Å²) in [6.07, 6.45) is 4.14. The van der Waals surface area contributed by atoms with Crippen molar-refractivity contribution < 1.29 is 9.59 Å². The summed E-state index contributed by atoms with van der Waals surface area (Å²) in [6.45, 7) is 3.90. The predicted molar refractivity (Wildman–Crippen MR) is 63.4 cm³/mol. The first-order valence-corrected chi connectivity index (χ1v) is 5.92. The van der Waals surface area contributed by atoms with E-state index >= 15 is 0 Å². The predicted octanol–water partition coefficient (Wildman–Crippen LogP) is -0.548. The summed E-state index contributed by atoms with van der Waals surface area (Å²) in [7, 11) is 0. The molecule has 7 nitrogen and oxygen atoms in total. The zero-order valence-corrected chi connectivity index (χ0v) is 10.5. The number of aromatic nitrogens is 3. The molecule has 0 spiro atoms. The lowest BCUT2D eigenvalue weighted by Gasteiger charge is -2.39. The van der Waals surface area contributed by atoms with Gasteiger partial charge in [0.15, 0.2) is 0 Å². The van der Waals surface area contributed by atoms with Crippen molar-refractivity contribution in [2.45, 2.75) is 44.8 Å². The fraction of sp³-hybridized carbons (Fsp3) is 0.636. The minimum Gasteiger partial charge on any atom is -0.349 e. The number of piperidine rings is 1. The Morgan fingerprint density at radius 3 is 2.83 bits per heavy atom. The fourth-order valence-electron chi connectivity index (χ4n) is 2.09. The summed E-state index contributed by atoms with van der Waals surface area (Å²) in [4.78, 5) is 24.5. The van der Waals surface area contributed by atoms with Crippen LogP contribution < -0.4 is 10.6 Å². The van der Waals surface area contributed by atoms with Crippen molar-refractivity contribution in [3.8, 4) is 0 Å². The zero-order chi connectivity index (χ0) is 13.2. The highest BCUT2D eigenvalue weighted by Crippen LogP contribution is 2.19. The molecule has 2 N–H and O–H groups in total. The van der Waals surface area contributed by atoms with Gasteiger partial charge in [-0.3, -0.25) is 9.59 Å². The molecule has 0 saturated carbocycles. The summed E-state index contributed by atoms with van der Waals surface area (Å²) in [5.41, 5.74) is -0.428. The number of hydrogen-bond acceptors (Lipinski definition) is 4. The van der Waals surface area contributed by atoms with Crippen molar-refractivity contribution in [3.05, 3.63) is 12.4 Å². The topological polar surface area (TPSA) is 88.9 Å². The van der Waals surface area contributed by atoms with Crippen LogP contribution in [0.1, 0.15) is 26.7 Å². The quantitative estimate of drug-likeness (QED) is 0.754. The molecule has 0 radical (unpaired) electrons. The molecule has 98 valence electrons. The molecule has 2 heterocycles. The second kappa shape index (κ2) is 4.75. The average Bonchev–Trinajstić information content (AvgIpc) is 2.74. The first-order valence-electron chi connectivity index (χ1n) is 5.92. The summed E-state index contributed by atoms with van der Waals surface area (Å²) in [6, 6.07) is -0.0711. The van der Waals surface area contributed by atoms with E-state index in [0.717, 1.165) is 0 Å². The second-order valence-electron chi connectivity index (χ2n) is 4.99. The van der Waals surface area contributed by atoms with Crippen LogP contribution in [0, 0.1) is 0 Å². The standard InChI is InChI=1S/C11H17N5O2/c1-11(2)8(3-4-9(17)15-11)14-10(18)7-16-12-5-6-13-16/h5-6,8H,3-4,7H2,1-2H3,(H,14,18)(H,15,17). The Hall–Kier alpha value is -1.92. The number of nitrogens with zero attached hydrogens (tertiary/aromatic N) is 3. The molecule has 18 heavy (non-hydrogen) atoms. The maximum absolute atomic E-state index is 11.8. The summed E-state index contributed by atoms with van der Waals surface area (Å²) < 4.78 is 0. The summed E-state index contributed by atoms with van der Waals surface area (Å²) in [5.74, 6) is -0.125. The van der Waals surface area contributed by atoms with Gasteiger partial charge < -0.3 is 10.6 Å². The molecule has 1 saturated heterocycles. The highest BCUT2D eigenvalue weighted by Gasteiger charge is 2.36. The number of carbonyl (C=O) groups excluding carboxylic acids is 2. The highest BCUT2D eigenvalue weighted by atomic mass is 16.2. The third-order valence-electron chi connectivity index (χ3n) is 3.08. The summed E-state index contributed by atoms with van der Waals surface area (Å²) >= 11 is 0. The minimum absolute atomic E-state index is 0.0271. The van der Waals surface area contributed by atoms with Gasteiger partial charge in [0.2, 0.25) is 11.8 Å². The molecule has 1 aliphatic rings. The molecule has 0 bridgehead atoms. The molecule has 1 aromatic rings. The van der Waals surface area contributed by atoms with Crippen molar-refractivity contribution in [3.63, 3.8) is 0 Å². The fourth-order valence-corrected chi connectivity index (χ4v) is 2.09. The van der Waals surface area contributed by atoms with Gasteiger partial charge in [-0.1, -0.05) is 0 Å². The van der Waals surface area contributed by atoms with E-state index in [-0.39, 0.29) is 24.4 Å². The van der Waals surface area contributed by atoms with Crippen molar-refractivity contribution in [2.75, 3.05) is 0 Å². The van der Waals surface area contributed by atoms with E-state index in [1.165, 1.54) is 17.2 Å². The van der Waals surface area contributed by atoms with Crippen LogP contribution in [0.15, 0.2) is 12.4 Å². The normalized spacial score (nSPS) is 22.3.